The summed E-state index contributed by atoms with van der Waals surface area (Å²) in [5.41, 5.74) is 4.25. The number of carbonyl (C=O) groups is 2. The van der Waals surface area contributed by atoms with E-state index in [2.05, 4.69) is 20.6 Å². The summed E-state index contributed by atoms with van der Waals surface area (Å²) in [6.45, 7) is 0. The lowest BCUT2D eigenvalue weighted by molar-refractivity contribution is -0.121. The van der Waals surface area contributed by atoms with Gasteiger partial charge in [0.25, 0.3) is 0 Å². The van der Waals surface area contributed by atoms with E-state index in [-0.39, 0.29) is 24.2 Å². The maximum absolute atomic E-state index is 12.5. The second kappa shape index (κ2) is 7.51. The Labute approximate surface area is 172 Å². The monoisotopic (exact) mass is 400 g/mol. The van der Waals surface area contributed by atoms with Crippen molar-refractivity contribution in [3.05, 3.63) is 66.4 Å². The molecule has 0 saturated heterocycles. The molecule has 0 aliphatic carbocycles. The van der Waals surface area contributed by atoms with Crippen molar-refractivity contribution >= 4 is 34.2 Å². The van der Waals surface area contributed by atoms with Gasteiger partial charge < -0.3 is 20.0 Å². The number of hydrogen-bond acceptors (Lipinski definition) is 4. The minimum atomic E-state index is -0.198. The molecule has 3 N–H and O–H groups in total. The van der Waals surface area contributed by atoms with E-state index in [0.29, 0.717) is 30.1 Å². The zero-order chi connectivity index (χ0) is 20.5. The first-order chi connectivity index (χ1) is 14.7. The predicted molar refractivity (Wildman–Crippen MR) is 114 cm³/mol. The van der Waals surface area contributed by atoms with E-state index in [1.807, 2.05) is 48.5 Å². The van der Waals surface area contributed by atoms with Crippen LogP contribution in [0.3, 0.4) is 0 Å². The number of carbonyl (C=O) groups excluding carboxylic acids is 2. The number of amides is 2. The van der Waals surface area contributed by atoms with Crippen molar-refractivity contribution in [1.29, 1.82) is 0 Å². The standard InChI is InChI=1S/C23H20N4O3/c28-21(10-7-15-12-14-4-1-2-5-17(14)27-23(15)29)24-16-8-9-18-19(13-16)26-22(25-18)20-6-3-11-30-20/h1-6,8-9,11,13,15H,7,10,12H2,(H,24,28)(H,25,26)(H,27,29). The Balaban J connectivity index is 1.22. The molecule has 7 heteroatoms. The van der Waals surface area contributed by atoms with Crippen LogP contribution in [0.2, 0.25) is 0 Å². The van der Waals surface area contributed by atoms with Gasteiger partial charge in [0.05, 0.1) is 17.3 Å². The summed E-state index contributed by atoms with van der Waals surface area (Å²) in [6.07, 6.45) is 3.03. The van der Waals surface area contributed by atoms with Crippen molar-refractivity contribution in [3.8, 4) is 11.6 Å². The predicted octanol–water partition coefficient (Wildman–Crippen LogP) is 4.35. The van der Waals surface area contributed by atoms with Crippen LogP contribution < -0.4 is 10.6 Å². The van der Waals surface area contributed by atoms with Crippen molar-refractivity contribution in [2.75, 3.05) is 10.6 Å². The Bertz CT molecular complexity index is 1230. The van der Waals surface area contributed by atoms with Gasteiger partial charge in [0.1, 0.15) is 0 Å². The van der Waals surface area contributed by atoms with Gasteiger partial charge in [0.2, 0.25) is 11.8 Å². The number of imidazole rings is 1. The number of nitrogens with one attached hydrogen (secondary N) is 3. The smallest absolute Gasteiger partial charge is 0.227 e. The molecule has 5 rings (SSSR count). The van der Waals surface area contributed by atoms with Gasteiger partial charge in [-0.05, 0) is 54.8 Å². The van der Waals surface area contributed by atoms with Gasteiger partial charge >= 0.3 is 0 Å². The summed E-state index contributed by atoms with van der Waals surface area (Å²) < 4.78 is 5.37. The summed E-state index contributed by atoms with van der Waals surface area (Å²) in [6, 6.07) is 16.9. The third kappa shape index (κ3) is 3.57. The maximum atomic E-state index is 12.5. The molecule has 2 aromatic heterocycles. The van der Waals surface area contributed by atoms with Crippen LogP contribution in [0.15, 0.2) is 65.3 Å². The van der Waals surface area contributed by atoms with E-state index in [1.165, 1.54) is 0 Å². The zero-order valence-corrected chi connectivity index (χ0v) is 16.1. The van der Waals surface area contributed by atoms with Crippen molar-refractivity contribution in [2.45, 2.75) is 19.3 Å². The van der Waals surface area contributed by atoms with Gasteiger partial charge in [-0.1, -0.05) is 18.2 Å². The SMILES string of the molecule is O=C(CCC1Cc2ccccc2NC1=O)Nc1ccc2nc(-c3ccco3)[nH]c2c1. The fourth-order valence-corrected chi connectivity index (χ4v) is 3.79. The second-order valence-electron chi connectivity index (χ2n) is 7.43. The van der Waals surface area contributed by atoms with Crippen molar-refractivity contribution in [2.24, 2.45) is 5.92 Å². The number of H-pyrrole nitrogens is 1. The molecule has 30 heavy (non-hydrogen) atoms. The molecule has 0 fully saturated rings. The van der Waals surface area contributed by atoms with Crippen LogP contribution in [0.25, 0.3) is 22.6 Å². The first-order valence-electron chi connectivity index (χ1n) is 9.88. The Morgan fingerprint density at radius 2 is 2.07 bits per heavy atom. The zero-order valence-electron chi connectivity index (χ0n) is 16.1. The molecular weight excluding hydrogens is 380 g/mol. The molecule has 150 valence electrons. The number of nitrogens with zero attached hydrogens (tertiary/aromatic N) is 1. The highest BCUT2D eigenvalue weighted by Crippen LogP contribution is 2.28. The molecule has 2 aromatic carbocycles. The van der Waals surface area contributed by atoms with Gasteiger partial charge in [-0.2, -0.15) is 0 Å². The van der Waals surface area contributed by atoms with Gasteiger partial charge in [-0.25, -0.2) is 4.98 Å². The Morgan fingerprint density at radius 1 is 1.17 bits per heavy atom. The van der Waals surface area contributed by atoms with E-state index >= 15 is 0 Å². The van der Waals surface area contributed by atoms with Crippen LogP contribution in [0.5, 0.6) is 0 Å². The van der Waals surface area contributed by atoms with Crippen LogP contribution in [-0.2, 0) is 16.0 Å². The normalized spacial score (nSPS) is 15.6. The quantitative estimate of drug-likeness (QED) is 0.464. The van der Waals surface area contributed by atoms with Crippen LogP contribution >= 0.6 is 0 Å². The van der Waals surface area contributed by atoms with Gasteiger partial charge in [0, 0.05) is 23.7 Å². The molecule has 0 spiro atoms. The minimum Gasteiger partial charge on any atom is -0.461 e. The number of rotatable bonds is 5. The van der Waals surface area contributed by atoms with Gasteiger partial charge in [0.15, 0.2) is 11.6 Å². The highest BCUT2D eigenvalue weighted by molar-refractivity contribution is 5.97. The highest BCUT2D eigenvalue weighted by Gasteiger charge is 2.26. The molecule has 0 radical (unpaired) electrons. The van der Waals surface area contributed by atoms with Crippen molar-refractivity contribution in [1.82, 2.24) is 9.97 Å². The molecule has 7 nitrogen and oxygen atoms in total. The van der Waals surface area contributed by atoms with Crippen molar-refractivity contribution in [3.63, 3.8) is 0 Å². The molecule has 1 atom stereocenters. The second-order valence-corrected chi connectivity index (χ2v) is 7.43. The minimum absolute atomic E-state index is 0.0224. The lowest BCUT2D eigenvalue weighted by Crippen LogP contribution is -2.30. The van der Waals surface area contributed by atoms with Crippen LogP contribution in [0.1, 0.15) is 18.4 Å². The lowest BCUT2D eigenvalue weighted by atomic mass is 9.89. The third-order valence-corrected chi connectivity index (χ3v) is 5.35. The third-order valence-electron chi connectivity index (χ3n) is 5.35. The number of aromatic nitrogens is 2. The number of benzene rings is 2. The first kappa shape index (κ1) is 18.2. The molecule has 2 amide bonds. The molecule has 0 bridgehead atoms. The number of anilines is 2. The molecule has 4 aromatic rings. The molecule has 1 aliphatic heterocycles. The maximum Gasteiger partial charge on any atom is 0.227 e. The largest absolute Gasteiger partial charge is 0.461 e. The van der Waals surface area contributed by atoms with Gasteiger partial charge in [-0.15, -0.1) is 0 Å². The average molecular weight is 400 g/mol. The van der Waals surface area contributed by atoms with Crippen LogP contribution in [0.4, 0.5) is 11.4 Å². The Kier molecular flexibility index (Phi) is 4.55. The topological polar surface area (TPSA) is 100 Å². The van der Waals surface area contributed by atoms with E-state index in [0.717, 1.165) is 22.3 Å². The number of aromatic amines is 1. The number of hydrogen-bond donors (Lipinski definition) is 3. The Morgan fingerprint density at radius 3 is 2.93 bits per heavy atom. The van der Waals surface area contributed by atoms with Crippen LogP contribution in [0, 0.1) is 5.92 Å². The number of furan rings is 1. The van der Waals surface area contributed by atoms with E-state index < -0.39 is 0 Å². The molecule has 1 unspecified atom stereocenters. The fourth-order valence-electron chi connectivity index (χ4n) is 3.79. The van der Waals surface area contributed by atoms with Crippen molar-refractivity contribution < 1.29 is 14.0 Å². The highest BCUT2D eigenvalue weighted by atomic mass is 16.3. The van der Waals surface area contributed by atoms with E-state index in [9.17, 15) is 9.59 Å². The first-order valence-corrected chi connectivity index (χ1v) is 9.88. The average Bonchev–Trinajstić information content (AvgIpc) is 3.41. The van der Waals surface area contributed by atoms with Gasteiger partial charge in [-0.3, -0.25) is 9.59 Å². The number of para-hydroxylation sites is 1. The summed E-state index contributed by atoms with van der Waals surface area (Å²) in [5, 5.41) is 5.84. The lowest BCUT2D eigenvalue weighted by Gasteiger charge is -2.24. The summed E-state index contributed by atoms with van der Waals surface area (Å²) in [7, 11) is 0. The summed E-state index contributed by atoms with van der Waals surface area (Å²) >= 11 is 0. The number of fused-ring (bicyclic) bond motifs is 2. The summed E-state index contributed by atoms with van der Waals surface area (Å²) in [5.74, 6) is 0.959. The molecule has 1 aliphatic rings. The summed E-state index contributed by atoms with van der Waals surface area (Å²) in [4.78, 5) is 32.5. The van der Waals surface area contributed by atoms with Crippen LogP contribution in [-0.4, -0.2) is 21.8 Å². The van der Waals surface area contributed by atoms with E-state index in [1.54, 1.807) is 12.3 Å². The molecule has 0 saturated carbocycles. The fraction of sp³-hybridized carbons (Fsp3) is 0.174. The van der Waals surface area contributed by atoms with E-state index in [4.69, 9.17) is 4.42 Å². The molecular formula is C23H20N4O3. The Hall–Kier alpha value is -3.87. The molecule has 3 heterocycles.